The van der Waals surface area contributed by atoms with E-state index in [0.717, 1.165) is 9.87 Å². The van der Waals surface area contributed by atoms with E-state index in [9.17, 15) is 13.0 Å². The van der Waals surface area contributed by atoms with E-state index in [1.54, 1.807) is 29.3 Å². The van der Waals surface area contributed by atoms with Crippen molar-refractivity contribution in [3.05, 3.63) is 30.9 Å². The number of oxazole rings is 1. The van der Waals surface area contributed by atoms with Crippen LogP contribution in [0, 0.1) is 0 Å². The minimum absolute atomic E-state index is 0.283. The summed E-state index contributed by atoms with van der Waals surface area (Å²) in [5.41, 5.74) is 0.732. The highest BCUT2D eigenvalue weighted by Crippen LogP contribution is 2.20. The van der Waals surface area contributed by atoms with E-state index >= 15 is 0 Å². The molecule has 3 heterocycles. The molecular weight excluding hydrogens is 296 g/mol. The van der Waals surface area contributed by atoms with E-state index in [1.807, 2.05) is 0 Å². The monoisotopic (exact) mass is 310 g/mol. The Hall–Kier alpha value is -1.84. The molecule has 8 nitrogen and oxygen atoms in total. The number of nitrogens with zero attached hydrogens (tertiary/aromatic N) is 4. The van der Waals surface area contributed by atoms with Gasteiger partial charge in [-0.15, -0.1) is 0 Å². The molecule has 0 spiro atoms. The van der Waals surface area contributed by atoms with Crippen molar-refractivity contribution in [2.45, 2.75) is 25.4 Å². The van der Waals surface area contributed by atoms with Crippen LogP contribution in [0.4, 0.5) is 0 Å². The highest BCUT2D eigenvalue weighted by atomic mass is 32.2. The standard InChI is InChI=1S/C12H14N4O4S/c17-21(18,19)16-5-1-2-11(16)9-15-6-3-10(8-14-15)12-13-4-7-20-12/h3-4,6-8,11H,1-2,5,9H2. The Morgan fingerprint density at radius 2 is 2.38 bits per heavy atom. The van der Waals surface area contributed by atoms with Gasteiger partial charge in [-0.05, 0) is 17.9 Å². The zero-order chi connectivity index (χ0) is 14.9. The molecular formula is C12H14N4O4S. The molecule has 1 unspecified atom stereocenters. The molecule has 21 heavy (non-hydrogen) atoms. The van der Waals surface area contributed by atoms with E-state index in [0.29, 0.717) is 25.3 Å². The predicted octanol–water partition coefficient (Wildman–Crippen LogP) is -0.0513. The third kappa shape index (κ3) is 3.09. The number of rotatable bonds is 4. The molecule has 3 rings (SSSR count). The van der Waals surface area contributed by atoms with Crippen LogP contribution in [0.2, 0.25) is 0 Å². The lowest BCUT2D eigenvalue weighted by atomic mass is 10.2. The van der Waals surface area contributed by atoms with Crippen LogP contribution >= 0.6 is 0 Å². The zero-order valence-electron chi connectivity index (χ0n) is 11.1. The van der Waals surface area contributed by atoms with Crippen LogP contribution in [0.5, 0.6) is 0 Å². The van der Waals surface area contributed by atoms with Gasteiger partial charge >= 0.3 is 0 Å². The lowest BCUT2D eigenvalue weighted by Gasteiger charge is -2.24. The zero-order valence-corrected chi connectivity index (χ0v) is 11.9. The van der Waals surface area contributed by atoms with Gasteiger partial charge in [0.1, 0.15) is 12.5 Å². The maximum atomic E-state index is 11.2. The van der Waals surface area contributed by atoms with Crippen molar-refractivity contribution in [2.75, 3.05) is 6.54 Å². The molecule has 0 radical (unpaired) electrons. The summed E-state index contributed by atoms with van der Waals surface area (Å²) in [4.78, 5) is 4.02. The topological polar surface area (TPSA) is 103 Å². The number of hydrogen-bond donors (Lipinski definition) is 0. The highest BCUT2D eigenvalue weighted by molar-refractivity contribution is 7.83. The molecule has 0 N–H and O–H groups in total. The predicted molar refractivity (Wildman–Crippen MR) is 69.4 cm³/mol. The lowest BCUT2D eigenvalue weighted by Crippen LogP contribution is -2.48. The van der Waals surface area contributed by atoms with Gasteiger partial charge in [0.2, 0.25) is 5.89 Å². The van der Waals surface area contributed by atoms with Crippen molar-refractivity contribution in [3.8, 4) is 11.5 Å². The van der Waals surface area contributed by atoms with Crippen molar-refractivity contribution < 1.29 is 22.1 Å². The molecule has 1 fully saturated rings. The molecule has 0 bridgehead atoms. The Morgan fingerprint density at radius 1 is 1.52 bits per heavy atom. The Labute approximate surface area is 121 Å². The smallest absolute Gasteiger partial charge is 0.227 e. The van der Waals surface area contributed by atoms with Gasteiger partial charge in [0.15, 0.2) is 23.0 Å². The van der Waals surface area contributed by atoms with Crippen LogP contribution < -0.4 is 4.68 Å². The second kappa shape index (κ2) is 5.51. The van der Waals surface area contributed by atoms with Crippen LogP contribution in [0.1, 0.15) is 12.8 Å². The lowest BCUT2D eigenvalue weighted by molar-refractivity contribution is -0.756. The summed E-state index contributed by atoms with van der Waals surface area (Å²) < 4.78 is 41.3. The molecule has 1 aliphatic heterocycles. The van der Waals surface area contributed by atoms with Crippen LogP contribution in [0.25, 0.3) is 11.5 Å². The summed E-state index contributed by atoms with van der Waals surface area (Å²) in [6.45, 7) is 0.638. The summed E-state index contributed by atoms with van der Waals surface area (Å²) in [6.07, 6.45) is 7.70. The fourth-order valence-electron chi connectivity index (χ4n) is 2.49. The van der Waals surface area contributed by atoms with Gasteiger partial charge in [-0.3, -0.25) is 0 Å². The average Bonchev–Trinajstić information content (AvgIpc) is 3.09. The highest BCUT2D eigenvalue weighted by Gasteiger charge is 2.32. The molecule has 0 aromatic carbocycles. The molecule has 1 atom stereocenters. The van der Waals surface area contributed by atoms with E-state index in [1.165, 1.54) is 6.26 Å². The molecule has 1 aliphatic rings. The van der Waals surface area contributed by atoms with Gasteiger partial charge in [-0.25, -0.2) is 17.7 Å². The van der Waals surface area contributed by atoms with Gasteiger partial charge in [0.05, 0.1) is 17.8 Å². The van der Waals surface area contributed by atoms with Gasteiger partial charge in [0.25, 0.3) is 0 Å². The van der Waals surface area contributed by atoms with Gasteiger partial charge in [0, 0.05) is 12.6 Å². The second-order valence-electron chi connectivity index (χ2n) is 4.84. The van der Waals surface area contributed by atoms with Crippen molar-refractivity contribution in [1.82, 2.24) is 14.4 Å². The molecule has 0 aliphatic carbocycles. The molecule has 0 saturated carbocycles. The first kappa shape index (κ1) is 14.1. The minimum Gasteiger partial charge on any atom is -0.735 e. The first-order valence-electron chi connectivity index (χ1n) is 6.52. The van der Waals surface area contributed by atoms with Gasteiger partial charge in [-0.2, -0.15) is 0 Å². The van der Waals surface area contributed by atoms with Crippen LogP contribution in [-0.2, 0) is 16.8 Å². The summed E-state index contributed by atoms with van der Waals surface area (Å²) in [5.74, 6) is 0.472. The van der Waals surface area contributed by atoms with Crippen LogP contribution in [0.3, 0.4) is 0 Å². The fourth-order valence-corrected chi connectivity index (χ4v) is 3.38. The van der Waals surface area contributed by atoms with Crippen molar-refractivity contribution >= 4 is 10.3 Å². The fraction of sp³-hybridized carbons (Fsp3) is 0.417. The molecule has 112 valence electrons. The maximum Gasteiger partial charge on any atom is 0.227 e. The third-order valence-electron chi connectivity index (χ3n) is 3.46. The summed E-state index contributed by atoms with van der Waals surface area (Å²) in [6, 6.07) is 1.45. The molecule has 1 saturated heterocycles. The van der Waals surface area contributed by atoms with Crippen molar-refractivity contribution in [3.63, 3.8) is 0 Å². The Morgan fingerprint density at radius 3 is 3.00 bits per heavy atom. The Kier molecular flexibility index (Phi) is 3.70. The molecule has 9 heteroatoms. The largest absolute Gasteiger partial charge is 0.735 e. The number of aromatic nitrogens is 3. The third-order valence-corrected chi connectivity index (χ3v) is 4.51. The average molecular weight is 310 g/mol. The normalized spacial score (nSPS) is 20.0. The Balaban J connectivity index is 1.73. The van der Waals surface area contributed by atoms with E-state index in [2.05, 4.69) is 10.1 Å². The molecule has 2 aromatic heterocycles. The molecule has 0 amide bonds. The Bertz CT molecular complexity index is 699. The van der Waals surface area contributed by atoms with Gasteiger partial charge < -0.3 is 8.97 Å². The first-order valence-corrected chi connectivity index (χ1v) is 7.89. The quantitative estimate of drug-likeness (QED) is 0.579. The van der Waals surface area contributed by atoms with E-state index < -0.39 is 10.3 Å². The minimum atomic E-state index is -4.40. The summed E-state index contributed by atoms with van der Waals surface area (Å²) in [5, 5.41) is 4.21. The molecule has 2 aromatic rings. The van der Waals surface area contributed by atoms with E-state index in [4.69, 9.17) is 4.42 Å². The SMILES string of the molecule is O=S(=O)([O-])N1CCCC1C[n+]1ccc(-c2ncco2)cn1. The van der Waals surface area contributed by atoms with Crippen LogP contribution in [0.15, 0.2) is 35.3 Å². The first-order chi connectivity index (χ1) is 10.0. The second-order valence-corrected chi connectivity index (χ2v) is 6.16. The van der Waals surface area contributed by atoms with Gasteiger partial charge in [-0.1, -0.05) is 4.68 Å². The van der Waals surface area contributed by atoms with E-state index in [-0.39, 0.29) is 12.6 Å². The summed E-state index contributed by atoms with van der Waals surface area (Å²) in [7, 11) is -4.40. The van der Waals surface area contributed by atoms with Crippen LogP contribution in [-0.4, -0.2) is 39.9 Å². The van der Waals surface area contributed by atoms with Crippen molar-refractivity contribution in [1.29, 1.82) is 0 Å². The van der Waals surface area contributed by atoms with Crippen molar-refractivity contribution in [2.24, 2.45) is 0 Å². The summed E-state index contributed by atoms with van der Waals surface area (Å²) >= 11 is 0. The maximum absolute atomic E-state index is 11.2. The number of hydrogen-bond acceptors (Lipinski definition) is 6.